The van der Waals surface area contributed by atoms with E-state index in [4.69, 9.17) is 4.74 Å². The van der Waals surface area contributed by atoms with E-state index in [1.807, 2.05) is 54.6 Å². The minimum Gasteiger partial charge on any atom is -0.493 e. The van der Waals surface area contributed by atoms with Crippen LogP contribution in [0.2, 0.25) is 0 Å². The molecule has 3 aromatic carbocycles. The summed E-state index contributed by atoms with van der Waals surface area (Å²) in [6, 6.07) is 22.1. The predicted molar refractivity (Wildman–Crippen MR) is 113 cm³/mol. The molecular formula is C24H21F2NO3. The van der Waals surface area contributed by atoms with E-state index in [0.29, 0.717) is 12.0 Å². The first kappa shape index (κ1) is 21.0. The Labute approximate surface area is 173 Å². The maximum absolute atomic E-state index is 12.4. The maximum Gasteiger partial charge on any atom is 0.387 e. The smallest absolute Gasteiger partial charge is 0.387 e. The number of hydrogen-bond acceptors (Lipinski definition) is 3. The zero-order valence-electron chi connectivity index (χ0n) is 16.3. The highest BCUT2D eigenvalue weighted by molar-refractivity contribution is 6.02. The van der Waals surface area contributed by atoms with Gasteiger partial charge in [-0.3, -0.25) is 4.79 Å². The number of carbonyl (C=O) groups is 1. The molecule has 0 spiro atoms. The number of methoxy groups -OCH3 is 1. The van der Waals surface area contributed by atoms with Crippen LogP contribution in [0.15, 0.2) is 78.9 Å². The summed E-state index contributed by atoms with van der Waals surface area (Å²) in [5, 5.41) is 2.89. The molecule has 0 unspecified atom stereocenters. The Bertz CT molecular complexity index is 1020. The zero-order valence-corrected chi connectivity index (χ0v) is 16.3. The van der Waals surface area contributed by atoms with Crippen molar-refractivity contribution in [3.63, 3.8) is 0 Å². The average Bonchev–Trinajstić information content (AvgIpc) is 2.75. The lowest BCUT2D eigenvalue weighted by Crippen LogP contribution is -2.10. The van der Waals surface area contributed by atoms with Gasteiger partial charge >= 0.3 is 6.61 Å². The van der Waals surface area contributed by atoms with E-state index >= 15 is 0 Å². The molecule has 6 heteroatoms. The number of ether oxygens (including phenoxy) is 2. The van der Waals surface area contributed by atoms with E-state index < -0.39 is 6.61 Å². The standard InChI is InChI=1S/C24H21F2NO3/c1-29-22-16-18(11-13-21(22)30-24(25)26)12-14-23(28)27-20-10-6-5-9-19(20)15-17-7-3-2-4-8-17/h2-14,16,24H,15H2,1H3,(H,27,28). The zero-order chi connectivity index (χ0) is 21.3. The average molecular weight is 409 g/mol. The molecule has 0 atom stereocenters. The highest BCUT2D eigenvalue weighted by atomic mass is 19.3. The van der Waals surface area contributed by atoms with Gasteiger partial charge in [0.05, 0.1) is 7.11 Å². The van der Waals surface area contributed by atoms with E-state index in [1.54, 1.807) is 12.1 Å². The number of rotatable bonds is 8. The van der Waals surface area contributed by atoms with Crippen molar-refractivity contribution in [3.05, 3.63) is 95.6 Å². The van der Waals surface area contributed by atoms with Gasteiger partial charge in [0.1, 0.15) is 0 Å². The van der Waals surface area contributed by atoms with Gasteiger partial charge in [-0.15, -0.1) is 0 Å². The fourth-order valence-corrected chi connectivity index (χ4v) is 2.94. The molecule has 1 amide bonds. The topological polar surface area (TPSA) is 47.6 Å². The summed E-state index contributed by atoms with van der Waals surface area (Å²) in [4.78, 5) is 12.4. The molecule has 0 aliphatic heterocycles. The molecule has 0 aromatic heterocycles. The SMILES string of the molecule is COc1cc(C=CC(=O)Nc2ccccc2Cc2ccccc2)ccc1OC(F)F. The van der Waals surface area contributed by atoms with E-state index in [9.17, 15) is 13.6 Å². The Balaban J connectivity index is 1.69. The van der Waals surface area contributed by atoms with Crippen molar-refractivity contribution in [2.75, 3.05) is 12.4 Å². The number of para-hydroxylation sites is 1. The minimum absolute atomic E-state index is 0.0658. The van der Waals surface area contributed by atoms with Gasteiger partial charge < -0.3 is 14.8 Å². The van der Waals surface area contributed by atoms with E-state index in [1.165, 1.54) is 25.3 Å². The minimum atomic E-state index is -2.94. The number of nitrogens with one attached hydrogen (secondary N) is 1. The number of benzene rings is 3. The molecule has 3 rings (SSSR count). The van der Waals surface area contributed by atoms with E-state index in [2.05, 4.69) is 10.1 Å². The van der Waals surface area contributed by atoms with Gasteiger partial charge in [0.25, 0.3) is 0 Å². The molecule has 154 valence electrons. The largest absolute Gasteiger partial charge is 0.493 e. The third kappa shape index (κ3) is 5.91. The van der Waals surface area contributed by atoms with E-state index in [-0.39, 0.29) is 17.4 Å². The summed E-state index contributed by atoms with van der Waals surface area (Å²) in [5.41, 5.74) is 3.49. The quantitative estimate of drug-likeness (QED) is 0.497. The fraction of sp³-hybridized carbons (Fsp3) is 0.125. The first-order chi connectivity index (χ1) is 14.5. The van der Waals surface area contributed by atoms with Crippen LogP contribution >= 0.6 is 0 Å². The number of carbonyl (C=O) groups excluding carboxylic acids is 1. The molecule has 0 aliphatic carbocycles. The summed E-state index contributed by atoms with van der Waals surface area (Å²) in [6.45, 7) is -2.94. The maximum atomic E-state index is 12.4. The first-order valence-corrected chi connectivity index (χ1v) is 9.29. The molecule has 3 aromatic rings. The molecular weight excluding hydrogens is 388 g/mol. The van der Waals surface area contributed by atoms with Gasteiger partial charge in [0.2, 0.25) is 5.91 Å². The third-order valence-corrected chi connectivity index (χ3v) is 4.34. The van der Waals surface area contributed by atoms with Crippen LogP contribution in [-0.2, 0) is 11.2 Å². The molecule has 0 heterocycles. The number of halogens is 2. The Hall–Kier alpha value is -3.67. The van der Waals surface area contributed by atoms with Crippen LogP contribution in [0.4, 0.5) is 14.5 Å². The van der Waals surface area contributed by atoms with Gasteiger partial charge in [-0.05, 0) is 47.4 Å². The molecule has 4 nitrogen and oxygen atoms in total. The Morgan fingerprint density at radius 3 is 2.47 bits per heavy atom. The van der Waals surface area contributed by atoms with Crippen molar-refractivity contribution in [1.82, 2.24) is 0 Å². The summed E-state index contributed by atoms with van der Waals surface area (Å²) in [5.74, 6) is -0.211. The van der Waals surface area contributed by atoms with Crippen molar-refractivity contribution < 1.29 is 23.0 Å². The van der Waals surface area contributed by atoms with Gasteiger partial charge in [-0.1, -0.05) is 54.6 Å². The summed E-state index contributed by atoms with van der Waals surface area (Å²) < 4.78 is 34.3. The van der Waals surface area contributed by atoms with E-state index in [0.717, 1.165) is 16.8 Å². The van der Waals surface area contributed by atoms with Crippen LogP contribution in [0.1, 0.15) is 16.7 Å². The number of hydrogen-bond donors (Lipinski definition) is 1. The normalized spacial score (nSPS) is 10.9. The molecule has 0 fully saturated rings. The van der Waals surface area contributed by atoms with Gasteiger partial charge in [0.15, 0.2) is 11.5 Å². The van der Waals surface area contributed by atoms with Crippen molar-refractivity contribution in [2.24, 2.45) is 0 Å². The predicted octanol–water partition coefficient (Wildman–Crippen LogP) is 5.54. The number of amides is 1. The molecule has 0 saturated carbocycles. The second-order valence-electron chi connectivity index (χ2n) is 6.43. The van der Waals surface area contributed by atoms with Gasteiger partial charge in [0, 0.05) is 11.8 Å². The first-order valence-electron chi connectivity index (χ1n) is 9.29. The Morgan fingerprint density at radius 2 is 1.73 bits per heavy atom. The molecule has 0 bridgehead atoms. The summed E-state index contributed by atoms with van der Waals surface area (Å²) in [6.07, 6.45) is 3.65. The van der Waals surface area contributed by atoms with Crippen LogP contribution in [0.3, 0.4) is 0 Å². The van der Waals surface area contributed by atoms with Crippen LogP contribution in [0, 0.1) is 0 Å². The van der Waals surface area contributed by atoms with Crippen molar-refractivity contribution in [3.8, 4) is 11.5 Å². The molecule has 0 aliphatic rings. The molecule has 30 heavy (non-hydrogen) atoms. The van der Waals surface area contributed by atoms with Crippen molar-refractivity contribution >= 4 is 17.7 Å². The summed E-state index contributed by atoms with van der Waals surface area (Å²) in [7, 11) is 1.36. The molecule has 1 N–H and O–H groups in total. The lowest BCUT2D eigenvalue weighted by molar-refractivity contribution is -0.111. The third-order valence-electron chi connectivity index (χ3n) is 4.34. The van der Waals surface area contributed by atoms with Crippen molar-refractivity contribution in [1.29, 1.82) is 0 Å². The van der Waals surface area contributed by atoms with Gasteiger partial charge in [-0.2, -0.15) is 8.78 Å². The highest BCUT2D eigenvalue weighted by Crippen LogP contribution is 2.30. The lowest BCUT2D eigenvalue weighted by Gasteiger charge is -2.11. The van der Waals surface area contributed by atoms with Crippen molar-refractivity contribution in [2.45, 2.75) is 13.0 Å². The highest BCUT2D eigenvalue weighted by Gasteiger charge is 2.10. The van der Waals surface area contributed by atoms with Crippen LogP contribution in [-0.4, -0.2) is 19.6 Å². The monoisotopic (exact) mass is 409 g/mol. The van der Waals surface area contributed by atoms with Crippen LogP contribution in [0.5, 0.6) is 11.5 Å². The fourth-order valence-electron chi connectivity index (χ4n) is 2.94. The molecule has 0 radical (unpaired) electrons. The number of alkyl halides is 2. The van der Waals surface area contributed by atoms with Gasteiger partial charge in [-0.25, -0.2) is 0 Å². The lowest BCUT2D eigenvalue weighted by atomic mass is 10.0. The second-order valence-corrected chi connectivity index (χ2v) is 6.43. The summed E-state index contributed by atoms with van der Waals surface area (Å²) >= 11 is 0. The Kier molecular flexibility index (Phi) is 7.16. The molecule has 0 saturated heterocycles. The second kappa shape index (κ2) is 10.2. The number of anilines is 1. The Morgan fingerprint density at radius 1 is 1.00 bits per heavy atom. The van der Waals surface area contributed by atoms with Crippen LogP contribution in [0.25, 0.3) is 6.08 Å². The van der Waals surface area contributed by atoms with Crippen LogP contribution < -0.4 is 14.8 Å².